The van der Waals surface area contributed by atoms with Gasteiger partial charge in [0, 0.05) is 6.08 Å². The fourth-order valence-corrected chi connectivity index (χ4v) is 1.08. The van der Waals surface area contributed by atoms with E-state index in [1.54, 1.807) is 18.2 Å². The molecule has 1 aromatic heterocycles. The van der Waals surface area contributed by atoms with E-state index in [1.807, 2.05) is 0 Å². The van der Waals surface area contributed by atoms with Crippen molar-refractivity contribution in [2.24, 2.45) is 0 Å². The molecule has 0 fully saturated rings. The van der Waals surface area contributed by atoms with Crippen LogP contribution in [0.15, 0.2) is 26.8 Å². The van der Waals surface area contributed by atoms with Crippen LogP contribution in [0, 0.1) is 11.3 Å². The number of Topliss-reactive ketones (excluding diaryl/α,β-unsaturated/α-hetero) is 1. The molecule has 0 N–H and O–H groups in total. The zero-order valence-corrected chi connectivity index (χ0v) is 8.46. The Kier molecular flexibility index (Phi) is 3.04. The number of nitrogens with zero attached hydrogens (tertiary/aromatic N) is 1. The zero-order chi connectivity index (χ0) is 9.84. The number of rotatable bonds is 2. The molecule has 0 spiro atoms. The lowest BCUT2D eigenvalue weighted by molar-refractivity contribution is -0.113. The summed E-state index contributed by atoms with van der Waals surface area (Å²) in [5.41, 5.74) is 0.0850. The Morgan fingerprint density at radius 2 is 2.38 bits per heavy atom. The number of hydrogen-bond donors (Lipinski definition) is 0. The summed E-state index contributed by atoms with van der Waals surface area (Å²) < 4.78 is 5.67. The predicted molar refractivity (Wildman–Crippen MR) is 50.7 cm³/mol. The fourth-order valence-electron chi connectivity index (χ4n) is 0.761. The fraction of sp³-hybridized carbons (Fsp3) is 0.111. The maximum absolute atomic E-state index is 10.8. The van der Waals surface area contributed by atoms with Gasteiger partial charge in [-0.05, 0) is 35.0 Å². The standard InChI is InChI=1S/C9H6BrNO2/c1-6(12)7(5-11)4-8-2-3-9(10)13-8/h2-4H,1H3/b7-4+. The molecule has 0 saturated heterocycles. The van der Waals surface area contributed by atoms with E-state index < -0.39 is 0 Å². The van der Waals surface area contributed by atoms with Crippen molar-refractivity contribution in [2.75, 3.05) is 0 Å². The van der Waals surface area contributed by atoms with Gasteiger partial charge in [-0.3, -0.25) is 4.79 Å². The van der Waals surface area contributed by atoms with Crippen LogP contribution in [0.5, 0.6) is 0 Å². The molecule has 1 rings (SSSR count). The Morgan fingerprint density at radius 1 is 1.69 bits per heavy atom. The van der Waals surface area contributed by atoms with Gasteiger partial charge in [0.05, 0.1) is 5.57 Å². The van der Waals surface area contributed by atoms with Crippen molar-refractivity contribution in [1.29, 1.82) is 5.26 Å². The third kappa shape index (κ3) is 2.56. The Bertz CT molecular complexity index is 398. The first-order valence-electron chi connectivity index (χ1n) is 3.51. The summed E-state index contributed by atoms with van der Waals surface area (Å²) in [6.45, 7) is 1.34. The van der Waals surface area contributed by atoms with Crippen LogP contribution >= 0.6 is 15.9 Å². The number of carbonyl (C=O) groups is 1. The van der Waals surface area contributed by atoms with Crippen LogP contribution in [0.3, 0.4) is 0 Å². The third-order valence-electron chi connectivity index (χ3n) is 1.38. The molecular weight excluding hydrogens is 234 g/mol. The van der Waals surface area contributed by atoms with Gasteiger partial charge in [0.2, 0.25) is 0 Å². The number of hydrogen-bond acceptors (Lipinski definition) is 3. The highest BCUT2D eigenvalue weighted by Gasteiger charge is 2.03. The molecular formula is C9H6BrNO2. The molecule has 4 heteroatoms. The second-order valence-corrected chi connectivity index (χ2v) is 3.15. The monoisotopic (exact) mass is 239 g/mol. The minimum absolute atomic E-state index is 0.0850. The van der Waals surface area contributed by atoms with Crippen LogP contribution < -0.4 is 0 Å². The van der Waals surface area contributed by atoms with E-state index in [-0.39, 0.29) is 11.4 Å². The van der Waals surface area contributed by atoms with E-state index in [9.17, 15) is 4.79 Å². The van der Waals surface area contributed by atoms with Gasteiger partial charge in [-0.1, -0.05) is 0 Å². The van der Waals surface area contributed by atoms with E-state index in [1.165, 1.54) is 13.0 Å². The maximum Gasteiger partial charge on any atom is 0.170 e. The maximum atomic E-state index is 10.8. The normalized spacial score (nSPS) is 11.0. The first-order valence-corrected chi connectivity index (χ1v) is 4.31. The number of allylic oxidation sites excluding steroid dienone is 1. The molecule has 0 aliphatic heterocycles. The van der Waals surface area contributed by atoms with Crippen LogP contribution in [-0.2, 0) is 4.79 Å². The van der Waals surface area contributed by atoms with Crippen molar-refractivity contribution in [3.05, 3.63) is 28.1 Å². The van der Waals surface area contributed by atoms with Crippen LogP contribution in [0.25, 0.3) is 6.08 Å². The highest BCUT2D eigenvalue weighted by molar-refractivity contribution is 9.10. The number of carbonyl (C=O) groups excluding carboxylic acids is 1. The van der Waals surface area contributed by atoms with Crippen LogP contribution in [0.1, 0.15) is 12.7 Å². The zero-order valence-electron chi connectivity index (χ0n) is 6.87. The van der Waals surface area contributed by atoms with Gasteiger partial charge in [0.1, 0.15) is 11.8 Å². The second kappa shape index (κ2) is 4.06. The minimum atomic E-state index is -0.268. The lowest BCUT2D eigenvalue weighted by Gasteiger charge is -1.88. The van der Waals surface area contributed by atoms with Gasteiger partial charge >= 0.3 is 0 Å². The number of nitriles is 1. The molecule has 0 aromatic carbocycles. The Hall–Kier alpha value is -1.34. The topological polar surface area (TPSA) is 54.0 Å². The largest absolute Gasteiger partial charge is 0.450 e. The smallest absolute Gasteiger partial charge is 0.170 e. The molecule has 0 aliphatic rings. The minimum Gasteiger partial charge on any atom is -0.450 e. The molecule has 1 aromatic rings. The molecule has 0 atom stereocenters. The van der Waals surface area contributed by atoms with Crippen LogP contribution in [0.4, 0.5) is 0 Å². The Labute approximate surface area is 83.8 Å². The van der Waals surface area contributed by atoms with Crippen LogP contribution in [0.2, 0.25) is 0 Å². The second-order valence-electron chi connectivity index (χ2n) is 2.37. The van der Waals surface area contributed by atoms with E-state index >= 15 is 0 Å². The molecule has 3 nitrogen and oxygen atoms in total. The Morgan fingerprint density at radius 3 is 2.77 bits per heavy atom. The van der Waals surface area contributed by atoms with E-state index in [4.69, 9.17) is 9.68 Å². The molecule has 0 unspecified atom stereocenters. The lowest BCUT2D eigenvalue weighted by Crippen LogP contribution is -1.92. The van der Waals surface area contributed by atoms with Gasteiger partial charge in [0.25, 0.3) is 0 Å². The average molecular weight is 240 g/mol. The first-order chi connectivity index (χ1) is 6.13. The third-order valence-corrected chi connectivity index (χ3v) is 1.81. The summed E-state index contributed by atoms with van der Waals surface area (Å²) in [5.74, 6) is 0.216. The molecule has 66 valence electrons. The van der Waals surface area contributed by atoms with E-state index in [0.717, 1.165) is 0 Å². The number of halogens is 1. The SMILES string of the molecule is CC(=O)/C(C#N)=C/c1ccc(Br)o1. The number of ketones is 1. The summed E-state index contributed by atoms with van der Waals surface area (Å²) in [4.78, 5) is 10.8. The van der Waals surface area contributed by atoms with Gasteiger partial charge in [-0.25, -0.2) is 0 Å². The van der Waals surface area contributed by atoms with Gasteiger partial charge in [-0.15, -0.1) is 0 Å². The average Bonchev–Trinajstić information content (AvgIpc) is 2.46. The lowest BCUT2D eigenvalue weighted by atomic mass is 10.2. The van der Waals surface area contributed by atoms with Crippen molar-refractivity contribution >= 4 is 27.8 Å². The summed E-state index contributed by atoms with van der Waals surface area (Å²) in [5, 5.41) is 8.57. The van der Waals surface area contributed by atoms with Gasteiger partial charge in [-0.2, -0.15) is 5.26 Å². The molecule has 0 amide bonds. The molecule has 1 heterocycles. The van der Waals surface area contributed by atoms with Crippen molar-refractivity contribution in [3.63, 3.8) is 0 Å². The molecule has 0 bridgehead atoms. The van der Waals surface area contributed by atoms with Crippen molar-refractivity contribution in [3.8, 4) is 6.07 Å². The summed E-state index contributed by atoms with van der Waals surface area (Å²) in [7, 11) is 0. The molecule has 13 heavy (non-hydrogen) atoms. The van der Waals surface area contributed by atoms with Gasteiger partial charge < -0.3 is 4.42 Å². The van der Waals surface area contributed by atoms with Crippen LogP contribution in [-0.4, -0.2) is 5.78 Å². The molecule has 0 saturated carbocycles. The van der Waals surface area contributed by atoms with Crippen molar-refractivity contribution < 1.29 is 9.21 Å². The van der Waals surface area contributed by atoms with Crippen molar-refractivity contribution in [1.82, 2.24) is 0 Å². The highest BCUT2D eigenvalue weighted by atomic mass is 79.9. The first kappa shape index (κ1) is 9.75. The Balaban J connectivity index is 3.00. The molecule has 0 aliphatic carbocycles. The quantitative estimate of drug-likeness (QED) is 0.589. The summed E-state index contributed by atoms with van der Waals surface area (Å²) in [6, 6.07) is 5.16. The molecule has 0 radical (unpaired) electrons. The summed E-state index contributed by atoms with van der Waals surface area (Å²) in [6.07, 6.45) is 1.41. The highest BCUT2D eigenvalue weighted by Crippen LogP contribution is 2.16. The van der Waals surface area contributed by atoms with E-state index in [0.29, 0.717) is 10.4 Å². The number of furan rings is 1. The van der Waals surface area contributed by atoms with E-state index in [2.05, 4.69) is 15.9 Å². The predicted octanol–water partition coefficient (Wildman–Crippen LogP) is 2.54. The van der Waals surface area contributed by atoms with Gasteiger partial charge in [0.15, 0.2) is 10.5 Å². The van der Waals surface area contributed by atoms with Crippen molar-refractivity contribution in [2.45, 2.75) is 6.92 Å². The summed E-state index contributed by atoms with van der Waals surface area (Å²) >= 11 is 3.12.